The van der Waals surface area contributed by atoms with Gasteiger partial charge < -0.3 is 10.1 Å². The van der Waals surface area contributed by atoms with Crippen molar-refractivity contribution in [3.8, 4) is 5.75 Å². The SMILES string of the molecule is COc1ccc(C)cc1NC(=O)C(Sc1nnc2n(C)c(=O)c3ccccc3n12)c1ccccc1. The van der Waals surface area contributed by atoms with Crippen molar-refractivity contribution in [2.24, 2.45) is 7.05 Å². The highest BCUT2D eigenvalue weighted by molar-refractivity contribution is 8.00. The summed E-state index contributed by atoms with van der Waals surface area (Å²) >= 11 is 1.27. The Hall–Kier alpha value is -4.11. The lowest BCUT2D eigenvalue weighted by atomic mass is 10.1. The van der Waals surface area contributed by atoms with Crippen molar-refractivity contribution in [1.29, 1.82) is 0 Å². The Morgan fingerprint density at radius 2 is 1.77 bits per heavy atom. The zero-order valence-corrected chi connectivity index (χ0v) is 20.2. The zero-order valence-electron chi connectivity index (χ0n) is 19.4. The second-order valence-corrected chi connectivity index (χ2v) is 9.17. The molecule has 0 aliphatic carbocycles. The lowest BCUT2D eigenvalue weighted by Gasteiger charge is -2.18. The lowest BCUT2D eigenvalue weighted by molar-refractivity contribution is -0.115. The van der Waals surface area contributed by atoms with Gasteiger partial charge in [0, 0.05) is 7.05 Å². The fourth-order valence-corrected chi connectivity index (χ4v) is 5.05. The summed E-state index contributed by atoms with van der Waals surface area (Å²) in [6, 6.07) is 22.4. The summed E-state index contributed by atoms with van der Waals surface area (Å²) in [4.78, 5) is 26.4. The molecule has 0 fully saturated rings. The smallest absolute Gasteiger partial charge is 0.262 e. The van der Waals surface area contributed by atoms with Crippen LogP contribution >= 0.6 is 11.8 Å². The molecule has 8 nitrogen and oxygen atoms in total. The predicted molar refractivity (Wildman–Crippen MR) is 137 cm³/mol. The number of thioether (sulfide) groups is 1. The van der Waals surface area contributed by atoms with Crippen LogP contribution in [0.4, 0.5) is 5.69 Å². The van der Waals surface area contributed by atoms with E-state index in [9.17, 15) is 9.59 Å². The number of benzene rings is 3. The van der Waals surface area contributed by atoms with Gasteiger partial charge in [-0.2, -0.15) is 0 Å². The van der Waals surface area contributed by atoms with Gasteiger partial charge in [0.2, 0.25) is 11.7 Å². The molecule has 0 saturated carbocycles. The molecule has 1 N–H and O–H groups in total. The number of carbonyl (C=O) groups is 1. The fraction of sp³-hybridized carbons (Fsp3) is 0.154. The number of nitrogens with one attached hydrogen (secondary N) is 1. The first-order chi connectivity index (χ1) is 17.0. The minimum atomic E-state index is -0.634. The minimum absolute atomic E-state index is 0.152. The molecule has 5 aromatic rings. The summed E-state index contributed by atoms with van der Waals surface area (Å²) < 4.78 is 8.73. The van der Waals surface area contributed by atoms with E-state index in [1.165, 1.54) is 16.3 Å². The van der Waals surface area contributed by atoms with Gasteiger partial charge in [0.05, 0.1) is 23.7 Å². The normalized spacial score (nSPS) is 12.1. The van der Waals surface area contributed by atoms with E-state index in [0.29, 0.717) is 33.3 Å². The molecule has 2 aromatic heterocycles. The van der Waals surface area contributed by atoms with E-state index in [2.05, 4.69) is 15.5 Å². The van der Waals surface area contributed by atoms with Crippen LogP contribution in [0.5, 0.6) is 5.75 Å². The molecule has 2 heterocycles. The number of hydrogen-bond acceptors (Lipinski definition) is 6. The van der Waals surface area contributed by atoms with E-state index in [-0.39, 0.29) is 11.5 Å². The summed E-state index contributed by atoms with van der Waals surface area (Å²) in [5.74, 6) is 0.759. The first-order valence-electron chi connectivity index (χ1n) is 11.0. The highest BCUT2D eigenvalue weighted by atomic mass is 32.2. The van der Waals surface area contributed by atoms with Gasteiger partial charge in [0.15, 0.2) is 5.16 Å². The van der Waals surface area contributed by atoms with Crippen LogP contribution in [0.1, 0.15) is 16.4 Å². The Morgan fingerprint density at radius 3 is 2.54 bits per heavy atom. The summed E-state index contributed by atoms with van der Waals surface area (Å²) in [6.45, 7) is 1.95. The molecule has 0 spiro atoms. The molecular formula is C26H23N5O3S. The van der Waals surface area contributed by atoms with Crippen molar-refractivity contribution in [2.45, 2.75) is 17.3 Å². The monoisotopic (exact) mass is 485 g/mol. The minimum Gasteiger partial charge on any atom is -0.495 e. The standard InChI is InChI=1S/C26H23N5O3S/c1-16-13-14-21(34-3)19(15-16)27-23(32)22(17-9-5-4-6-10-17)35-26-29-28-25-30(2)24(33)18-11-7-8-12-20(18)31(25)26/h4-15,22H,1-3H3,(H,27,32). The van der Waals surface area contributed by atoms with E-state index in [0.717, 1.165) is 11.1 Å². The third kappa shape index (κ3) is 4.15. The average molecular weight is 486 g/mol. The second kappa shape index (κ2) is 9.27. The van der Waals surface area contributed by atoms with Crippen LogP contribution in [0.15, 0.2) is 82.7 Å². The Balaban J connectivity index is 1.60. The number of rotatable bonds is 6. The average Bonchev–Trinajstić information content (AvgIpc) is 3.30. The molecule has 5 rings (SSSR count). The summed E-state index contributed by atoms with van der Waals surface area (Å²) in [7, 11) is 3.24. The number of fused-ring (bicyclic) bond motifs is 3. The highest BCUT2D eigenvalue weighted by Crippen LogP contribution is 2.37. The van der Waals surface area contributed by atoms with E-state index in [4.69, 9.17) is 4.74 Å². The molecule has 1 unspecified atom stereocenters. The van der Waals surface area contributed by atoms with Gasteiger partial charge in [0.25, 0.3) is 5.56 Å². The molecule has 0 aliphatic rings. The van der Waals surface area contributed by atoms with Crippen LogP contribution in [-0.2, 0) is 11.8 Å². The highest BCUT2D eigenvalue weighted by Gasteiger charge is 2.26. The summed E-state index contributed by atoms with van der Waals surface area (Å²) in [6.07, 6.45) is 0. The molecule has 0 bridgehead atoms. The quantitative estimate of drug-likeness (QED) is 0.359. The van der Waals surface area contributed by atoms with E-state index >= 15 is 0 Å². The van der Waals surface area contributed by atoms with Gasteiger partial charge in [-0.15, -0.1) is 10.2 Å². The number of anilines is 1. The van der Waals surface area contributed by atoms with Gasteiger partial charge in [-0.05, 0) is 42.3 Å². The third-order valence-corrected chi connectivity index (χ3v) is 6.97. The van der Waals surface area contributed by atoms with Crippen LogP contribution < -0.4 is 15.6 Å². The van der Waals surface area contributed by atoms with E-state index in [1.807, 2.05) is 78.1 Å². The number of nitrogens with zero attached hydrogens (tertiary/aromatic N) is 4. The fourth-order valence-electron chi connectivity index (χ4n) is 4.01. The van der Waals surface area contributed by atoms with Gasteiger partial charge >= 0.3 is 0 Å². The number of aryl methyl sites for hydroxylation is 2. The van der Waals surface area contributed by atoms with Crippen molar-refractivity contribution >= 4 is 40.0 Å². The van der Waals surface area contributed by atoms with E-state index < -0.39 is 5.25 Å². The first kappa shape index (κ1) is 22.7. The maximum atomic E-state index is 13.6. The molecule has 0 aliphatic heterocycles. The Kier molecular flexibility index (Phi) is 6.00. The molecule has 0 saturated heterocycles. The molecule has 1 amide bonds. The molecule has 35 heavy (non-hydrogen) atoms. The maximum absolute atomic E-state index is 13.6. The first-order valence-corrected chi connectivity index (χ1v) is 11.9. The molecule has 9 heteroatoms. The van der Waals surface area contributed by atoms with Crippen LogP contribution in [0, 0.1) is 6.92 Å². The van der Waals surface area contributed by atoms with Crippen LogP contribution in [0.3, 0.4) is 0 Å². The number of para-hydroxylation sites is 1. The zero-order chi connectivity index (χ0) is 24.5. The second-order valence-electron chi connectivity index (χ2n) is 8.10. The van der Waals surface area contributed by atoms with Gasteiger partial charge in [-0.1, -0.05) is 60.3 Å². The van der Waals surface area contributed by atoms with Crippen molar-refractivity contribution in [2.75, 3.05) is 12.4 Å². The van der Waals surface area contributed by atoms with Gasteiger partial charge in [-0.3, -0.25) is 18.6 Å². The van der Waals surface area contributed by atoms with Crippen LogP contribution in [-0.4, -0.2) is 32.2 Å². The number of carbonyl (C=O) groups excluding carboxylic acids is 1. The van der Waals surface area contributed by atoms with Crippen LogP contribution in [0.2, 0.25) is 0 Å². The van der Waals surface area contributed by atoms with Gasteiger partial charge in [0.1, 0.15) is 11.0 Å². The Bertz CT molecular complexity index is 1610. The van der Waals surface area contributed by atoms with Crippen molar-refractivity contribution in [1.82, 2.24) is 19.2 Å². The largest absolute Gasteiger partial charge is 0.495 e. The van der Waals surface area contributed by atoms with Crippen molar-refractivity contribution < 1.29 is 9.53 Å². The number of amides is 1. The molecule has 0 radical (unpaired) electrons. The predicted octanol–water partition coefficient (Wildman–Crippen LogP) is 4.37. The number of ether oxygens (including phenoxy) is 1. The topological polar surface area (TPSA) is 90.5 Å². The van der Waals surface area contributed by atoms with Crippen molar-refractivity contribution in [3.05, 3.63) is 94.3 Å². The van der Waals surface area contributed by atoms with Crippen LogP contribution in [0.25, 0.3) is 16.7 Å². The molecule has 1 atom stereocenters. The Morgan fingerprint density at radius 1 is 1.03 bits per heavy atom. The molecular weight excluding hydrogens is 462 g/mol. The molecule has 176 valence electrons. The lowest BCUT2D eigenvalue weighted by Crippen LogP contribution is -2.21. The Labute approximate surface area is 205 Å². The van der Waals surface area contributed by atoms with Gasteiger partial charge in [-0.25, -0.2) is 0 Å². The number of aromatic nitrogens is 4. The molecule has 3 aromatic carbocycles. The number of hydrogen-bond donors (Lipinski definition) is 1. The maximum Gasteiger partial charge on any atom is 0.262 e. The summed E-state index contributed by atoms with van der Waals surface area (Å²) in [5.41, 5.74) is 2.94. The van der Waals surface area contributed by atoms with E-state index in [1.54, 1.807) is 20.2 Å². The number of methoxy groups -OCH3 is 1. The summed E-state index contributed by atoms with van der Waals surface area (Å²) in [5, 5.41) is 12.1. The van der Waals surface area contributed by atoms with Crippen molar-refractivity contribution in [3.63, 3.8) is 0 Å². The third-order valence-electron chi connectivity index (χ3n) is 5.77.